The molecular formula is C27H22BrClN4O6. The Morgan fingerprint density at radius 3 is 2.69 bits per heavy atom. The molecule has 0 atom stereocenters. The number of nitro groups is 1. The number of aromatic nitrogens is 2. The minimum absolute atomic E-state index is 0.0211. The lowest BCUT2D eigenvalue weighted by atomic mass is 9.95. The predicted molar refractivity (Wildman–Crippen MR) is 150 cm³/mol. The number of hydrogen-bond acceptors (Lipinski definition) is 8. The SMILES string of the molecule is CC(C)(C)c1nc2ccc(Br)cc2c(=O)n1N=Cc1cc(Cl)c(OCc2ccc3c(c2)OCO3)c([N+](=O)[O-])c1. The molecule has 39 heavy (non-hydrogen) atoms. The predicted octanol–water partition coefficient (Wildman–Crippen LogP) is 6.21. The summed E-state index contributed by atoms with van der Waals surface area (Å²) in [5.41, 5.74) is 0.346. The van der Waals surface area contributed by atoms with Crippen LogP contribution in [0.25, 0.3) is 10.9 Å². The maximum atomic E-state index is 13.4. The average molecular weight is 614 g/mol. The van der Waals surface area contributed by atoms with Crippen molar-refractivity contribution in [1.82, 2.24) is 9.66 Å². The third-order valence-electron chi connectivity index (χ3n) is 5.86. The molecule has 0 fully saturated rings. The Morgan fingerprint density at radius 2 is 1.95 bits per heavy atom. The van der Waals surface area contributed by atoms with E-state index in [4.69, 9.17) is 25.8 Å². The molecule has 200 valence electrons. The minimum atomic E-state index is -0.583. The van der Waals surface area contributed by atoms with Crippen molar-refractivity contribution < 1.29 is 19.1 Å². The molecule has 12 heteroatoms. The molecule has 1 aromatic heterocycles. The van der Waals surface area contributed by atoms with Gasteiger partial charge in [-0.05, 0) is 42.0 Å². The van der Waals surface area contributed by atoms with Gasteiger partial charge in [0, 0.05) is 21.5 Å². The molecule has 0 N–H and O–H groups in total. The van der Waals surface area contributed by atoms with Crippen LogP contribution in [-0.2, 0) is 12.0 Å². The summed E-state index contributed by atoms with van der Waals surface area (Å²) in [5.74, 6) is 1.54. The van der Waals surface area contributed by atoms with Crippen LogP contribution in [0.3, 0.4) is 0 Å². The zero-order valence-corrected chi connectivity index (χ0v) is 23.4. The average Bonchev–Trinajstić information content (AvgIpc) is 3.35. The van der Waals surface area contributed by atoms with E-state index in [2.05, 4.69) is 26.0 Å². The number of halogens is 2. The summed E-state index contributed by atoms with van der Waals surface area (Å²) in [6.45, 7) is 5.90. The number of nitrogens with zero attached hydrogens (tertiary/aromatic N) is 4. The summed E-state index contributed by atoms with van der Waals surface area (Å²) in [5, 5.41) is 16.7. The normalized spacial score (nSPS) is 12.8. The molecule has 0 aliphatic carbocycles. The summed E-state index contributed by atoms with van der Waals surface area (Å²) in [4.78, 5) is 29.4. The summed E-state index contributed by atoms with van der Waals surface area (Å²) >= 11 is 9.81. The van der Waals surface area contributed by atoms with Crippen LogP contribution >= 0.6 is 27.5 Å². The van der Waals surface area contributed by atoms with Crippen LogP contribution in [0.2, 0.25) is 5.02 Å². The van der Waals surface area contributed by atoms with Gasteiger partial charge in [0.2, 0.25) is 12.5 Å². The lowest BCUT2D eigenvalue weighted by Gasteiger charge is -2.20. The van der Waals surface area contributed by atoms with Gasteiger partial charge in [0.05, 0.1) is 27.1 Å². The standard InChI is InChI=1S/C27H22BrClN4O6/c1-27(2,3)26-31-20-6-5-17(28)11-18(20)25(34)32(26)30-12-16-8-19(29)24(21(9-16)33(35)36)37-13-15-4-7-22-23(10-15)39-14-38-22/h4-12H,13-14H2,1-3H3. The van der Waals surface area contributed by atoms with Gasteiger partial charge in [-0.25, -0.2) is 4.98 Å². The number of rotatable bonds is 6. The number of nitro benzene ring substituents is 1. The monoisotopic (exact) mass is 612 g/mol. The van der Waals surface area contributed by atoms with Gasteiger partial charge in [0.15, 0.2) is 11.5 Å². The first kappa shape index (κ1) is 26.6. The van der Waals surface area contributed by atoms with Crippen molar-refractivity contribution in [3.8, 4) is 17.2 Å². The maximum absolute atomic E-state index is 13.4. The van der Waals surface area contributed by atoms with Crippen molar-refractivity contribution in [1.29, 1.82) is 0 Å². The Morgan fingerprint density at radius 1 is 1.18 bits per heavy atom. The van der Waals surface area contributed by atoms with Gasteiger partial charge >= 0.3 is 5.69 Å². The van der Waals surface area contributed by atoms with E-state index in [1.807, 2.05) is 26.8 Å². The molecule has 0 amide bonds. The van der Waals surface area contributed by atoms with E-state index >= 15 is 0 Å². The van der Waals surface area contributed by atoms with Gasteiger partial charge in [-0.15, -0.1) is 0 Å². The second kappa shape index (κ2) is 10.3. The van der Waals surface area contributed by atoms with Crippen molar-refractivity contribution in [3.05, 3.63) is 95.4 Å². The quantitative estimate of drug-likeness (QED) is 0.144. The third-order valence-corrected chi connectivity index (χ3v) is 6.64. The summed E-state index contributed by atoms with van der Waals surface area (Å²) < 4.78 is 18.4. The minimum Gasteiger partial charge on any atom is -0.481 e. The Bertz CT molecular complexity index is 1710. The van der Waals surface area contributed by atoms with E-state index in [0.717, 1.165) is 10.0 Å². The molecule has 0 spiro atoms. The molecule has 0 saturated heterocycles. The number of fused-ring (bicyclic) bond motifs is 2. The van der Waals surface area contributed by atoms with Gasteiger partial charge < -0.3 is 14.2 Å². The molecule has 10 nitrogen and oxygen atoms in total. The Labute approximate surface area is 236 Å². The van der Waals surface area contributed by atoms with Crippen molar-refractivity contribution >= 4 is 50.3 Å². The zero-order chi connectivity index (χ0) is 27.9. The number of benzene rings is 3. The van der Waals surface area contributed by atoms with E-state index < -0.39 is 10.3 Å². The van der Waals surface area contributed by atoms with Gasteiger partial charge in [-0.3, -0.25) is 14.9 Å². The van der Waals surface area contributed by atoms with E-state index in [0.29, 0.717) is 33.8 Å². The highest BCUT2D eigenvalue weighted by atomic mass is 79.9. The van der Waals surface area contributed by atoms with Crippen LogP contribution in [0.1, 0.15) is 37.7 Å². The third kappa shape index (κ3) is 5.45. The maximum Gasteiger partial charge on any atom is 0.313 e. The molecule has 0 bridgehead atoms. The highest BCUT2D eigenvalue weighted by Gasteiger charge is 2.24. The first-order valence-electron chi connectivity index (χ1n) is 11.8. The highest BCUT2D eigenvalue weighted by Crippen LogP contribution is 2.37. The van der Waals surface area contributed by atoms with Crippen molar-refractivity contribution in [3.63, 3.8) is 0 Å². The molecule has 0 radical (unpaired) electrons. The first-order chi connectivity index (χ1) is 18.5. The molecule has 0 saturated carbocycles. The summed E-state index contributed by atoms with van der Waals surface area (Å²) in [7, 11) is 0. The first-order valence-corrected chi connectivity index (χ1v) is 12.9. The van der Waals surface area contributed by atoms with Crippen LogP contribution in [0.4, 0.5) is 5.69 Å². The topological polar surface area (TPSA) is 118 Å². The van der Waals surface area contributed by atoms with Gasteiger partial charge in [-0.2, -0.15) is 9.78 Å². The van der Waals surface area contributed by atoms with Gasteiger partial charge in [0.1, 0.15) is 12.4 Å². The Balaban J connectivity index is 1.50. The lowest BCUT2D eigenvalue weighted by Crippen LogP contribution is -2.29. The van der Waals surface area contributed by atoms with E-state index in [1.54, 1.807) is 30.3 Å². The smallest absolute Gasteiger partial charge is 0.313 e. The van der Waals surface area contributed by atoms with Crippen LogP contribution in [0.15, 0.2) is 62.9 Å². The fourth-order valence-corrected chi connectivity index (χ4v) is 4.64. The molecule has 0 unspecified atom stereocenters. The fraction of sp³-hybridized carbons (Fsp3) is 0.222. The number of ether oxygens (including phenoxy) is 3. The molecule has 1 aliphatic rings. The van der Waals surface area contributed by atoms with Crippen LogP contribution in [0, 0.1) is 10.1 Å². The van der Waals surface area contributed by atoms with Crippen LogP contribution in [-0.4, -0.2) is 27.6 Å². The molecule has 3 aromatic carbocycles. The molecular weight excluding hydrogens is 592 g/mol. The summed E-state index contributed by atoms with van der Waals surface area (Å²) in [6.07, 6.45) is 1.34. The van der Waals surface area contributed by atoms with Crippen molar-refractivity contribution in [2.45, 2.75) is 32.8 Å². The van der Waals surface area contributed by atoms with Gasteiger partial charge in [0.25, 0.3) is 5.56 Å². The second-order valence-electron chi connectivity index (χ2n) is 9.79. The molecule has 1 aliphatic heterocycles. The van der Waals surface area contributed by atoms with Gasteiger partial charge in [-0.1, -0.05) is 54.4 Å². The van der Waals surface area contributed by atoms with E-state index in [-0.39, 0.29) is 35.4 Å². The largest absolute Gasteiger partial charge is 0.481 e. The van der Waals surface area contributed by atoms with E-state index in [9.17, 15) is 14.9 Å². The van der Waals surface area contributed by atoms with Crippen molar-refractivity contribution in [2.75, 3.05) is 6.79 Å². The Kier molecular flexibility index (Phi) is 7.04. The van der Waals surface area contributed by atoms with Crippen LogP contribution < -0.4 is 19.8 Å². The highest BCUT2D eigenvalue weighted by molar-refractivity contribution is 9.10. The fourth-order valence-electron chi connectivity index (χ4n) is 4.00. The molecule has 2 heterocycles. The zero-order valence-electron chi connectivity index (χ0n) is 21.1. The molecule has 5 rings (SSSR count). The second-order valence-corrected chi connectivity index (χ2v) is 11.1. The number of hydrogen-bond donors (Lipinski definition) is 0. The molecule has 4 aromatic rings. The van der Waals surface area contributed by atoms with E-state index in [1.165, 1.54) is 23.0 Å². The van der Waals surface area contributed by atoms with Crippen LogP contribution in [0.5, 0.6) is 17.2 Å². The lowest BCUT2D eigenvalue weighted by molar-refractivity contribution is -0.385. The van der Waals surface area contributed by atoms with Crippen molar-refractivity contribution in [2.24, 2.45) is 5.10 Å². The Hall–Kier alpha value is -3.96. The summed E-state index contributed by atoms with van der Waals surface area (Å²) in [6, 6.07) is 13.3.